The first-order chi connectivity index (χ1) is 14.4. The van der Waals surface area contributed by atoms with Gasteiger partial charge < -0.3 is 10.1 Å². The number of carbonyl (C=O) groups is 1. The van der Waals surface area contributed by atoms with E-state index in [1.54, 1.807) is 0 Å². The summed E-state index contributed by atoms with van der Waals surface area (Å²) in [6, 6.07) is 7.19. The highest BCUT2D eigenvalue weighted by Gasteiger charge is 2.41. The third-order valence-electron chi connectivity index (χ3n) is 4.11. The van der Waals surface area contributed by atoms with E-state index in [0.29, 0.717) is 18.3 Å². The Balaban J connectivity index is 2.02. The number of nitrogens with one attached hydrogen (secondary N) is 1. The lowest BCUT2D eigenvalue weighted by Crippen LogP contribution is -2.21. The molecule has 3 aromatic rings. The number of halogens is 7. The molecule has 0 aliphatic heterocycles. The zero-order chi connectivity index (χ0) is 23.0. The van der Waals surface area contributed by atoms with E-state index in [2.05, 4.69) is 10.4 Å². The number of benzene rings is 2. The van der Waals surface area contributed by atoms with Crippen LogP contribution in [0.2, 0.25) is 5.02 Å². The molecule has 1 aromatic heterocycles. The van der Waals surface area contributed by atoms with Gasteiger partial charge in [-0.2, -0.15) is 31.4 Å². The molecule has 1 N–H and O–H groups in total. The van der Waals surface area contributed by atoms with Gasteiger partial charge in [-0.15, -0.1) is 0 Å². The number of amides is 1. The molecule has 0 saturated heterocycles. The van der Waals surface area contributed by atoms with Gasteiger partial charge in [0.05, 0.1) is 35.1 Å². The average molecular weight is 464 g/mol. The van der Waals surface area contributed by atoms with Gasteiger partial charge in [-0.25, -0.2) is 4.68 Å². The number of anilines is 1. The van der Waals surface area contributed by atoms with Crippen molar-refractivity contribution in [1.82, 2.24) is 9.78 Å². The molecular weight excluding hydrogens is 452 g/mol. The van der Waals surface area contributed by atoms with Gasteiger partial charge in [0.15, 0.2) is 5.69 Å². The normalized spacial score (nSPS) is 12.0. The highest BCUT2D eigenvalue weighted by Crippen LogP contribution is 2.36. The summed E-state index contributed by atoms with van der Waals surface area (Å²) in [5.41, 5.74) is -3.99. The summed E-state index contributed by atoms with van der Waals surface area (Å²) < 4.78 is 85.2. The van der Waals surface area contributed by atoms with Crippen LogP contribution in [0.15, 0.2) is 48.7 Å². The van der Waals surface area contributed by atoms with Crippen molar-refractivity contribution in [3.8, 4) is 11.4 Å². The van der Waals surface area contributed by atoms with Crippen molar-refractivity contribution >= 4 is 23.2 Å². The first-order valence-corrected chi connectivity index (χ1v) is 8.77. The lowest BCUT2D eigenvalue weighted by molar-refractivity contribution is -0.143. The Labute approximate surface area is 176 Å². The van der Waals surface area contributed by atoms with E-state index in [1.807, 2.05) is 0 Å². The van der Waals surface area contributed by atoms with E-state index >= 15 is 0 Å². The van der Waals surface area contributed by atoms with Gasteiger partial charge in [0.2, 0.25) is 0 Å². The predicted molar refractivity (Wildman–Crippen MR) is 99.5 cm³/mol. The molecule has 0 fully saturated rings. The van der Waals surface area contributed by atoms with Crippen molar-refractivity contribution in [1.29, 1.82) is 0 Å². The van der Waals surface area contributed by atoms with Crippen LogP contribution in [0.3, 0.4) is 0 Å². The number of nitrogens with zero attached hydrogens (tertiary/aromatic N) is 2. The summed E-state index contributed by atoms with van der Waals surface area (Å²) in [5, 5.41) is 5.86. The first kappa shape index (κ1) is 22.5. The summed E-state index contributed by atoms with van der Waals surface area (Å²) in [6.07, 6.45) is -9.23. The van der Waals surface area contributed by atoms with Crippen molar-refractivity contribution in [2.24, 2.45) is 0 Å². The van der Waals surface area contributed by atoms with E-state index in [1.165, 1.54) is 25.3 Å². The summed E-state index contributed by atoms with van der Waals surface area (Å²) in [5.74, 6) is -0.889. The molecule has 5 nitrogen and oxygen atoms in total. The molecular formula is C19H12ClF6N3O2. The van der Waals surface area contributed by atoms with Crippen molar-refractivity contribution in [2.45, 2.75) is 12.4 Å². The molecule has 0 spiro atoms. The SMILES string of the molecule is COc1ccc(NC(=O)c2cnn(-c3cccc(C(F)(F)F)c3)c2C(F)(F)F)cc1Cl. The van der Waals surface area contributed by atoms with Gasteiger partial charge in [0.25, 0.3) is 5.91 Å². The number of methoxy groups -OCH3 is 1. The molecule has 1 amide bonds. The molecule has 0 bridgehead atoms. The lowest BCUT2D eigenvalue weighted by Gasteiger charge is -2.14. The van der Waals surface area contributed by atoms with Crippen LogP contribution in [0.4, 0.5) is 32.0 Å². The fourth-order valence-corrected chi connectivity index (χ4v) is 3.00. The van der Waals surface area contributed by atoms with Gasteiger partial charge >= 0.3 is 12.4 Å². The molecule has 0 unspecified atom stereocenters. The fourth-order valence-electron chi connectivity index (χ4n) is 2.74. The first-order valence-electron chi connectivity index (χ1n) is 8.39. The zero-order valence-electron chi connectivity index (χ0n) is 15.5. The molecule has 0 saturated carbocycles. The van der Waals surface area contributed by atoms with Crippen LogP contribution in [0, 0.1) is 0 Å². The monoisotopic (exact) mass is 463 g/mol. The summed E-state index contributed by atoms with van der Waals surface area (Å²) in [4.78, 5) is 12.5. The van der Waals surface area contributed by atoms with Crippen molar-refractivity contribution in [3.63, 3.8) is 0 Å². The Kier molecular flexibility index (Phi) is 5.90. The highest BCUT2D eigenvalue weighted by molar-refractivity contribution is 6.32. The number of rotatable bonds is 4. The van der Waals surface area contributed by atoms with Crippen molar-refractivity contribution < 1.29 is 35.9 Å². The van der Waals surface area contributed by atoms with E-state index in [4.69, 9.17) is 16.3 Å². The minimum atomic E-state index is -5.09. The number of ether oxygens (including phenoxy) is 1. The van der Waals surface area contributed by atoms with E-state index in [0.717, 1.165) is 12.1 Å². The molecule has 164 valence electrons. The lowest BCUT2D eigenvalue weighted by atomic mass is 10.1. The quantitative estimate of drug-likeness (QED) is 0.496. The second kappa shape index (κ2) is 8.14. The van der Waals surface area contributed by atoms with Crippen molar-refractivity contribution in [2.75, 3.05) is 12.4 Å². The number of carbonyl (C=O) groups excluding carboxylic acids is 1. The Morgan fingerprint density at radius 1 is 1.06 bits per heavy atom. The average Bonchev–Trinajstić information content (AvgIpc) is 3.13. The Bertz CT molecular complexity index is 1120. The van der Waals surface area contributed by atoms with Gasteiger partial charge in [0, 0.05) is 5.69 Å². The van der Waals surface area contributed by atoms with Crippen LogP contribution < -0.4 is 10.1 Å². The summed E-state index contributed by atoms with van der Waals surface area (Å²) in [7, 11) is 1.36. The molecule has 31 heavy (non-hydrogen) atoms. The van der Waals surface area contributed by atoms with E-state index < -0.39 is 40.8 Å². The second-order valence-corrected chi connectivity index (χ2v) is 6.58. The van der Waals surface area contributed by atoms with Gasteiger partial charge in [-0.1, -0.05) is 17.7 Å². The minimum absolute atomic E-state index is 0.0794. The molecule has 12 heteroatoms. The predicted octanol–water partition coefficient (Wildman–Crippen LogP) is 5.82. The maximum absolute atomic E-state index is 13.7. The number of hydrogen-bond donors (Lipinski definition) is 1. The standard InChI is InChI=1S/C19H12ClF6N3O2/c1-31-15-6-5-11(8-14(15)20)28-17(30)13-9-27-29(16(13)19(24,25)26)12-4-2-3-10(7-12)18(21,22)23/h2-9H,1H3,(H,28,30). The van der Waals surface area contributed by atoms with Gasteiger partial charge in [0.1, 0.15) is 5.75 Å². The Morgan fingerprint density at radius 3 is 2.35 bits per heavy atom. The summed E-state index contributed by atoms with van der Waals surface area (Å²) in [6.45, 7) is 0. The number of alkyl halides is 6. The van der Waals surface area contributed by atoms with Crippen LogP contribution in [-0.4, -0.2) is 22.8 Å². The van der Waals surface area contributed by atoms with Crippen LogP contribution in [-0.2, 0) is 12.4 Å². The molecule has 1 heterocycles. The Hall–Kier alpha value is -3.21. The highest BCUT2D eigenvalue weighted by atomic mass is 35.5. The zero-order valence-corrected chi connectivity index (χ0v) is 16.2. The largest absolute Gasteiger partial charge is 0.495 e. The Morgan fingerprint density at radius 2 is 1.77 bits per heavy atom. The second-order valence-electron chi connectivity index (χ2n) is 6.17. The molecule has 3 rings (SSSR count). The topological polar surface area (TPSA) is 56.1 Å². The maximum atomic E-state index is 13.7. The number of hydrogen-bond acceptors (Lipinski definition) is 3. The van der Waals surface area contributed by atoms with Crippen molar-refractivity contribution in [3.05, 3.63) is 70.5 Å². The molecule has 0 aliphatic carbocycles. The number of aromatic nitrogens is 2. The van der Waals surface area contributed by atoms with Crippen LogP contribution in [0.25, 0.3) is 5.69 Å². The third-order valence-corrected chi connectivity index (χ3v) is 4.41. The van der Waals surface area contributed by atoms with Crippen LogP contribution >= 0.6 is 11.6 Å². The van der Waals surface area contributed by atoms with Gasteiger partial charge in [-0.3, -0.25) is 4.79 Å². The molecule has 2 aromatic carbocycles. The maximum Gasteiger partial charge on any atom is 0.434 e. The van der Waals surface area contributed by atoms with Crippen LogP contribution in [0.5, 0.6) is 5.75 Å². The third kappa shape index (κ3) is 4.76. The van der Waals surface area contributed by atoms with Gasteiger partial charge in [-0.05, 0) is 36.4 Å². The smallest absolute Gasteiger partial charge is 0.434 e. The molecule has 0 aliphatic rings. The summed E-state index contributed by atoms with van der Waals surface area (Å²) >= 11 is 5.93. The molecule has 0 atom stereocenters. The van der Waals surface area contributed by atoms with E-state index in [-0.39, 0.29) is 21.1 Å². The van der Waals surface area contributed by atoms with E-state index in [9.17, 15) is 31.1 Å². The molecule has 0 radical (unpaired) electrons. The fraction of sp³-hybridized carbons (Fsp3) is 0.158. The van der Waals surface area contributed by atoms with Crippen LogP contribution in [0.1, 0.15) is 21.6 Å². The minimum Gasteiger partial charge on any atom is -0.495 e.